The minimum atomic E-state index is -0.183. The fraction of sp³-hybridized carbons (Fsp3) is 0.286. The number of aromatic nitrogens is 2. The van der Waals surface area contributed by atoms with E-state index in [4.69, 9.17) is 17.0 Å². The van der Waals surface area contributed by atoms with E-state index in [2.05, 4.69) is 9.97 Å². The number of methoxy groups -OCH3 is 1. The van der Waals surface area contributed by atoms with E-state index < -0.39 is 0 Å². The molecular weight excluding hydrogens is 276 g/mol. The van der Waals surface area contributed by atoms with Gasteiger partial charge in [0, 0.05) is 17.7 Å². The maximum absolute atomic E-state index is 12.0. The first-order valence-corrected chi connectivity index (χ1v) is 6.66. The third-order valence-corrected chi connectivity index (χ3v) is 3.31. The minimum Gasteiger partial charge on any atom is -0.504 e. The van der Waals surface area contributed by atoms with Gasteiger partial charge in [0.15, 0.2) is 16.3 Å². The Kier molecular flexibility index (Phi) is 4.24. The van der Waals surface area contributed by atoms with Crippen LogP contribution in [0.3, 0.4) is 0 Å². The SMILES string of the molecule is CCc1[nH]c(=S)[nH]c(=O)c1Cc1ccc(O)c(OC)c1. The lowest BCUT2D eigenvalue weighted by molar-refractivity contribution is 0.373. The van der Waals surface area contributed by atoms with Gasteiger partial charge >= 0.3 is 0 Å². The molecule has 5 nitrogen and oxygen atoms in total. The molecule has 0 unspecified atom stereocenters. The van der Waals surface area contributed by atoms with E-state index in [1.165, 1.54) is 7.11 Å². The molecular formula is C14H16N2O3S. The van der Waals surface area contributed by atoms with E-state index in [-0.39, 0.29) is 11.3 Å². The average Bonchev–Trinajstić information content (AvgIpc) is 2.43. The number of aryl methyl sites for hydroxylation is 1. The highest BCUT2D eigenvalue weighted by Gasteiger charge is 2.10. The van der Waals surface area contributed by atoms with Crippen LogP contribution in [0.4, 0.5) is 0 Å². The highest BCUT2D eigenvalue weighted by atomic mass is 32.1. The Morgan fingerprint density at radius 3 is 2.75 bits per heavy atom. The van der Waals surface area contributed by atoms with Gasteiger partial charge in [-0.2, -0.15) is 0 Å². The largest absolute Gasteiger partial charge is 0.504 e. The molecule has 3 N–H and O–H groups in total. The summed E-state index contributed by atoms with van der Waals surface area (Å²) in [4.78, 5) is 17.6. The number of benzene rings is 1. The second kappa shape index (κ2) is 5.92. The summed E-state index contributed by atoms with van der Waals surface area (Å²) in [5.74, 6) is 0.467. The van der Waals surface area contributed by atoms with Crippen molar-refractivity contribution in [3.63, 3.8) is 0 Å². The van der Waals surface area contributed by atoms with Crippen molar-refractivity contribution >= 4 is 12.2 Å². The van der Waals surface area contributed by atoms with E-state index in [0.717, 1.165) is 11.3 Å². The zero-order valence-corrected chi connectivity index (χ0v) is 12.1. The van der Waals surface area contributed by atoms with Crippen molar-refractivity contribution in [1.82, 2.24) is 9.97 Å². The Balaban J connectivity index is 2.45. The van der Waals surface area contributed by atoms with Gasteiger partial charge in [-0.25, -0.2) is 0 Å². The summed E-state index contributed by atoms with van der Waals surface area (Å²) in [5, 5.41) is 9.58. The van der Waals surface area contributed by atoms with Crippen molar-refractivity contribution in [3.05, 3.63) is 50.1 Å². The second-order valence-corrected chi connectivity index (χ2v) is 4.81. The predicted molar refractivity (Wildman–Crippen MR) is 79.1 cm³/mol. The van der Waals surface area contributed by atoms with Crippen LogP contribution < -0.4 is 10.3 Å². The number of hydrogen-bond acceptors (Lipinski definition) is 4. The molecule has 2 rings (SSSR count). The number of nitrogens with one attached hydrogen (secondary N) is 2. The fourth-order valence-corrected chi connectivity index (χ4v) is 2.30. The lowest BCUT2D eigenvalue weighted by Gasteiger charge is -2.09. The van der Waals surface area contributed by atoms with Crippen LogP contribution in [-0.2, 0) is 12.8 Å². The molecule has 0 bridgehead atoms. The maximum atomic E-state index is 12.0. The van der Waals surface area contributed by atoms with E-state index in [9.17, 15) is 9.90 Å². The van der Waals surface area contributed by atoms with Gasteiger partial charge in [-0.1, -0.05) is 13.0 Å². The van der Waals surface area contributed by atoms with Crippen LogP contribution in [0.2, 0.25) is 0 Å². The number of phenolic OH excluding ortho intramolecular Hbond substituents is 1. The summed E-state index contributed by atoms with van der Waals surface area (Å²) >= 11 is 4.97. The Labute approximate surface area is 121 Å². The number of hydrogen-bond donors (Lipinski definition) is 3. The summed E-state index contributed by atoms with van der Waals surface area (Å²) in [6.45, 7) is 1.96. The molecule has 0 aliphatic carbocycles. The summed E-state index contributed by atoms with van der Waals surface area (Å²) in [6.07, 6.45) is 1.14. The number of ether oxygens (including phenoxy) is 1. The third kappa shape index (κ3) is 2.91. The number of H-pyrrole nitrogens is 2. The van der Waals surface area contributed by atoms with Gasteiger partial charge in [0.05, 0.1) is 7.11 Å². The molecule has 0 saturated heterocycles. The molecule has 1 aromatic carbocycles. The molecule has 0 saturated carbocycles. The molecule has 2 aromatic rings. The highest BCUT2D eigenvalue weighted by molar-refractivity contribution is 7.71. The van der Waals surface area contributed by atoms with Crippen LogP contribution in [0.15, 0.2) is 23.0 Å². The zero-order chi connectivity index (χ0) is 14.7. The first-order valence-electron chi connectivity index (χ1n) is 6.25. The van der Waals surface area contributed by atoms with Gasteiger partial charge in [0.1, 0.15) is 0 Å². The predicted octanol–water partition coefficient (Wildman–Crippen LogP) is 2.30. The Bertz CT molecular complexity index is 734. The van der Waals surface area contributed by atoms with Gasteiger partial charge in [-0.3, -0.25) is 9.78 Å². The Morgan fingerprint density at radius 1 is 1.35 bits per heavy atom. The second-order valence-electron chi connectivity index (χ2n) is 4.40. The Morgan fingerprint density at radius 2 is 2.10 bits per heavy atom. The Hall–Kier alpha value is -2.08. The topological polar surface area (TPSA) is 78.1 Å². The van der Waals surface area contributed by atoms with Crippen LogP contribution in [-0.4, -0.2) is 22.2 Å². The van der Waals surface area contributed by atoms with Crippen molar-refractivity contribution in [2.45, 2.75) is 19.8 Å². The molecule has 0 aliphatic rings. The lowest BCUT2D eigenvalue weighted by Crippen LogP contribution is -2.18. The van der Waals surface area contributed by atoms with Gasteiger partial charge in [-0.05, 0) is 36.3 Å². The molecule has 20 heavy (non-hydrogen) atoms. The fourth-order valence-electron chi connectivity index (χ4n) is 2.08. The number of rotatable bonds is 4. The van der Waals surface area contributed by atoms with E-state index >= 15 is 0 Å². The molecule has 0 radical (unpaired) electrons. The van der Waals surface area contributed by atoms with Crippen LogP contribution in [0.25, 0.3) is 0 Å². The number of aromatic hydroxyl groups is 1. The van der Waals surface area contributed by atoms with Crippen molar-refractivity contribution in [1.29, 1.82) is 0 Å². The zero-order valence-electron chi connectivity index (χ0n) is 11.3. The molecule has 1 heterocycles. The number of phenols is 1. The van der Waals surface area contributed by atoms with E-state index in [0.29, 0.717) is 28.9 Å². The van der Waals surface area contributed by atoms with E-state index in [1.54, 1.807) is 18.2 Å². The lowest BCUT2D eigenvalue weighted by atomic mass is 10.0. The molecule has 6 heteroatoms. The van der Waals surface area contributed by atoms with Gasteiger partial charge < -0.3 is 14.8 Å². The third-order valence-electron chi connectivity index (χ3n) is 3.11. The van der Waals surface area contributed by atoms with Crippen molar-refractivity contribution < 1.29 is 9.84 Å². The smallest absolute Gasteiger partial charge is 0.255 e. The summed E-state index contributed by atoms with van der Waals surface area (Å²) in [6, 6.07) is 5.04. The molecule has 0 atom stereocenters. The van der Waals surface area contributed by atoms with Gasteiger partial charge in [0.25, 0.3) is 5.56 Å². The summed E-state index contributed by atoms with van der Waals surface area (Å²) < 4.78 is 5.40. The molecule has 0 spiro atoms. The first-order chi connectivity index (χ1) is 9.55. The number of aromatic amines is 2. The van der Waals surface area contributed by atoms with Crippen molar-refractivity contribution in [2.24, 2.45) is 0 Å². The normalized spacial score (nSPS) is 10.5. The van der Waals surface area contributed by atoms with Crippen LogP contribution in [0.1, 0.15) is 23.7 Å². The van der Waals surface area contributed by atoms with Crippen LogP contribution in [0.5, 0.6) is 11.5 Å². The monoisotopic (exact) mass is 292 g/mol. The molecule has 0 aliphatic heterocycles. The summed E-state index contributed by atoms with van der Waals surface area (Å²) in [5.41, 5.74) is 2.17. The minimum absolute atomic E-state index is 0.0772. The maximum Gasteiger partial charge on any atom is 0.255 e. The summed E-state index contributed by atoms with van der Waals surface area (Å²) in [7, 11) is 1.49. The average molecular weight is 292 g/mol. The first kappa shape index (κ1) is 14.3. The molecule has 1 aromatic heterocycles. The van der Waals surface area contributed by atoms with Gasteiger partial charge in [-0.15, -0.1) is 0 Å². The van der Waals surface area contributed by atoms with Crippen molar-refractivity contribution in [3.8, 4) is 11.5 Å². The van der Waals surface area contributed by atoms with Crippen LogP contribution >= 0.6 is 12.2 Å². The molecule has 0 fully saturated rings. The van der Waals surface area contributed by atoms with E-state index in [1.807, 2.05) is 6.92 Å². The van der Waals surface area contributed by atoms with Crippen LogP contribution in [0, 0.1) is 4.77 Å². The quantitative estimate of drug-likeness (QED) is 0.756. The molecule has 0 amide bonds. The van der Waals surface area contributed by atoms with Gasteiger partial charge in [0.2, 0.25) is 0 Å². The highest BCUT2D eigenvalue weighted by Crippen LogP contribution is 2.27. The molecule has 106 valence electrons. The standard InChI is InChI=1S/C14H16N2O3S/c1-3-10-9(13(18)16-14(20)15-10)6-8-4-5-11(17)12(7-8)19-2/h4-5,7,17H,3,6H2,1-2H3,(H2,15,16,18,20). The van der Waals surface area contributed by atoms with Crippen molar-refractivity contribution in [2.75, 3.05) is 7.11 Å².